The summed E-state index contributed by atoms with van der Waals surface area (Å²) in [6.07, 6.45) is 4.14. The standard InChI is InChI=1S/C11H17NO/c1-4-9(3)11(13)10-5-8(2)6-12-7-10/h5-7,9,11,13H,4H2,1-3H3. The topological polar surface area (TPSA) is 33.1 Å². The van der Waals surface area contributed by atoms with E-state index in [9.17, 15) is 5.11 Å². The molecular formula is C11H17NO. The Balaban J connectivity index is 2.82. The van der Waals surface area contributed by atoms with E-state index in [0.29, 0.717) is 5.92 Å². The van der Waals surface area contributed by atoms with Crippen LogP contribution in [0.1, 0.15) is 37.5 Å². The quantitative estimate of drug-likeness (QED) is 0.773. The van der Waals surface area contributed by atoms with Crippen LogP contribution >= 0.6 is 0 Å². The van der Waals surface area contributed by atoms with Crippen LogP contribution in [0.2, 0.25) is 0 Å². The summed E-state index contributed by atoms with van der Waals surface area (Å²) >= 11 is 0. The van der Waals surface area contributed by atoms with Crippen LogP contribution in [0.25, 0.3) is 0 Å². The number of aliphatic hydroxyl groups excluding tert-OH is 1. The van der Waals surface area contributed by atoms with Crippen molar-refractivity contribution in [1.29, 1.82) is 0 Å². The van der Waals surface area contributed by atoms with Gasteiger partial charge < -0.3 is 5.11 Å². The lowest BCUT2D eigenvalue weighted by atomic mass is 9.96. The van der Waals surface area contributed by atoms with E-state index in [-0.39, 0.29) is 6.10 Å². The molecule has 0 amide bonds. The fourth-order valence-electron chi connectivity index (χ4n) is 1.29. The van der Waals surface area contributed by atoms with Crippen molar-refractivity contribution in [3.8, 4) is 0 Å². The first kappa shape index (κ1) is 10.2. The number of hydrogen-bond donors (Lipinski definition) is 1. The van der Waals surface area contributed by atoms with E-state index in [1.165, 1.54) is 0 Å². The van der Waals surface area contributed by atoms with Crippen LogP contribution in [0.3, 0.4) is 0 Å². The van der Waals surface area contributed by atoms with E-state index < -0.39 is 0 Å². The van der Waals surface area contributed by atoms with Gasteiger partial charge in [-0.15, -0.1) is 0 Å². The Bertz CT molecular complexity index is 273. The Kier molecular flexibility index (Phi) is 3.43. The maximum atomic E-state index is 9.87. The fourth-order valence-corrected chi connectivity index (χ4v) is 1.29. The van der Waals surface area contributed by atoms with Crippen molar-refractivity contribution < 1.29 is 5.11 Å². The van der Waals surface area contributed by atoms with E-state index in [4.69, 9.17) is 0 Å². The molecule has 0 fully saturated rings. The maximum absolute atomic E-state index is 9.87. The first-order valence-corrected chi connectivity index (χ1v) is 4.74. The Hall–Kier alpha value is -0.890. The molecule has 1 aromatic rings. The van der Waals surface area contributed by atoms with Crippen molar-refractivity contribution >= 4 is 0 Å². The van der Waals surface area contributed by atoms with Gasteiger partial charge >= 0.3 is 0 Å². The average Bonchev–Trinajstić information content (AvgIpc) is 2.15. The zero-order valence-corrected chi connectivity index (χ0v) is 8.49. The first-order chi connectivity index (χ1) is 6.15. The summed E-state index contributed by atoms with van der Waals surface area (Å²) in [5, 5.41) is 9.87. The normalized spacial score (nSPS) is 15.4. The molecule has 0 bridgehead atoms. The molecule has 0 aliphatic carbocycles. The molecule has 1 N–H and O–H groups in total. The molecule has 0 saturated heterocycles. The Labute approximate surface area is 79.6 Å². The Morgan fingerprint density at radius 3 is 2.69 bits per heavy atom. The molecule has 1 aromatic heterocycles. The highest BCUT2D eigenvalue weighted by Gasteiger charge is 2.14. The van der Waals surface area contributed by atoms with Gasteiger partial charge in [-0.3, -0.25) is 4.98 Å². The van der Waals surface area contributed by atoms with Crippen molar-refractivity contribution in [2.45, 2.75) is 33.3 Å². The highest BCUT2D eigenvalue weighted by Crippen LogP contribution is 2.23. The number of nitrogens with zero attached hydrogens (tertiary/aromatic N) is 1. The molecule has 0 aromatic carbocycles. The molecule has 2 unspecified atom stereocenters. The third kappa shape index (κ3) is 2.52. The van der Waals surface area contributed by atoms with Crippen molar-refractivity contribution in [2.24, 2.45) is 5.92 Å². The average molecular weight is 179 g/mol. The number of aromatic nitrogens is 1. The summed E-state index contributed by atoms with van der Waals surface area (Å²) < 4.78 is 0. The minimum atomic E-state index is -0.377. The molecule has 2 nitrogen and oxygen atoms in total. The number of pyridine rings is 1. The van der Waals surface area contributed by atoms with E-state index in [1.807, 2.05) is 19.9 Å². The van der Waals surface area contributed by atoms with Crippen molar-refractivity contribution in [3.05, 3.63) is 29.6 Å². The number of rotatable bonds is 3. The van der Waals surface area contributed by atoms with E-state index in [0.717, 1.165) is 17.5 Å². The lowest BCUT2D eigenvalue weighted by Crippen LogP contribution is -2.08. The number of hydrogen-bond acceptors (Lipinski definition) is 2. The lowest BCUT2D eigenvalue weighted by Gasteiger charge is -2.17. The zero-order valence-electron chi connectivity index (χ0n) is 8.49. The SMILES string of the molecule is CCC(C)C(O)c1cncc(C)c1. The van der Waals surface area contributed by atoms with E-state index in [2.05, 4.69) is 11.9 Å². The van der Waals surface area contributed by atoms with Gasteiger partial charge in [0.15, 0.2) is 0 Å². The summed E-state index contributed by atoms with van der Waals surface area (Å²) in [5.41, 5.74) is 2.02. The van der Waals surface area contributed by atoms with Gasteiger partial charge in [0.05, 0.1) is 6.10 Å². The third-order valence-electron chi connectivity index (χ3n) is 2.42. The molecule has 0 radical (unpaired) electrons. The largest absolute Gasteiger partial charge is 0.388 e. The predicted octanol–water partition coefficient (Wildman–Crippen LogP) is 2.47. The van der Waals surface area contributed by atoms with Gasteiger partial charge in [0.25, 0.3) is 0 Å². The van der Waals surface area contributed by atoms with Crippen LogP contribution in [0.5, 0.6) is 0 Å². The zero-order chi connectivity index (χ0) is 9.84. The van der Waals surface area contributed by atoms with Gasteiger partial charge in [0.2, 0.25) is 0 Å². The second kappa shape index (κ2) is 4.38. The molecule has 1 heterocycles. The monoisotopic (exact) mass is 179 g/mol. The highest BCUT2D eigenvalue weighted by atomic mass is 16.3. The van der Waals surface area contributed by atoms with Crippen LogP contribution in [0.4, 0.5) is 0 Å². The Morgan fingerprint density at radius 2 is 2.15 bits per heavy atom. The summed E-state index contributed by atoms with van der Waals surface area (Å²) in [4.78, 5) is 4.06. The smallest absolute Gasteiger partial charge is 0.0830 e. The van der Waals surface area contributed by atoms with Gasteiger partial charge in [0.1, 0.15) is 0 Å². The first-order valence-electron chi connectivity index (χ1n) is 4.74. The van der Waals surface area contributed by atoms with Gasteiger partial charge in [-0.25, -0.2) is 0 Å². The molecule has 2 heteroatoms. The molecule has 0 aliphatic rings. The van der Waals surface area contributed by atoms with Gasteiger partial charge in [-0.05, 0) is 24.0 Å². The van der Waals surface area contributed by atoms with Crippen molar-refractivity contribution in [3.63, 3.8) is 0 Å². The molecule has 0 spiro atoms. The second-order valence-corrected chi connectivity index (χ2v) is 3.63. The van der Waals surface area contributed by atoms with E-state index >= 15 is 0 Å². The molecule has 0 saturated carbocycles. The van der Waals surface area contributed by atoms with Crippen molar-refractivity contribution in [1.82, 2.24) is 4.98 Å². The molecule has 2 atom stereocenters. The van der Waals surface area contributed by atoms with Crippen LogP contribution in [0, 0.1) is 12.8 Å². The van der Waals surface area contributed by atoms with Crippen molar-refractivity contribution in [2.75, 3.05) is 0 Å². The van der Waals surface area contributed by atoms with Crippen LogP contribution in [-0.2, 0) is 0 Å². The van der Waals surface area contributed by atoms with Crippen LogP contribution in [0.15, 0.2) is 18.5 Å². The summed E-state index contributed by atoms with van der Waals surface area (Å²) in [6.45, 7) is 6.12. The number of aryl methyl sites for hydroxylation is 1. The highest BCUT2D eigenvalue weighted by molar-refractivity contribution is 5.19. The van der Waals surface area contributed by atoms with Gasteiger partial charge in [-0.2, -0.15) is 0 Å². The number of aliphatic hydroxyl groups is 1. The fraction of sp³-hybridized carbons (Fsp3) is 0.545. The summed E-state index contributed by atoms with van der Waals surface area (Å²) in [5.74, 6) is 0.295. The third-order valence-corrected chi connectivity index (χ3v) is 2.42. The van der Waals surface area contributed by atoms with Crippen LogP contribution < -0.4 is 0 Å². The summed E-state index contributed by atoms with van der Waals surface area (Å²) in [7, 11) is 0. The van der Waals surface area contributed by atoms with E-state index in [1.54, 1.807) is 12.4 Å². The second-order valence-electron chi connectivity index (χ2n) is 3.63. The lowest BCUT2D eigenvalue weighted by molar-refractivity contribution is 0.115. The molecule has 0 aliphatic heterocycles. The Morgan fingerprint density at radius 1 is 1.46 bits per heavy atom. The molecule has 72 valence electrons. The maximum Gasteiger partial charge on any atom is 0.0830 e. The molecule has 1 rings (SSSR count). The molecule has 13 heavy (non-hydrogen) atoms. The van der Waals surface area contributed by atoms with Gasteiger partial charge in [-0.1, -0.05) is 26.3 Å². The molecular weight excluding hydrogens is 162 g/mol. The minimum absolute atomic E-state index is 0.295. The van der Waals surface area contributed by atoms with Gasteiger partial charge in [0, 0.05) is 12.4 Å². The predicted molar refractivity (Wildman–Crippen MR) is 53.4 cm³/mol. The van der Waals surface area contributed by atoms with Crippen LogP contribution in [-0.4, -0.2) is 10.1 Å². The summed E-state index contributed by atoms with van der Waals surface area (Å²) in [6, 6.07) is 1.99. The minimum Gasteiger partial charge on any atom is -0.388 e.